The molecule has 76 valence electrons. The molecular formula is C6H7N3O5. The van der Waals surface area contributed by atoms with Crippen LogP contribution in [0.5, 0.6) is 0 Å². The van der Waals surface area contributed by atoms with E-state index in [-0.39, 0.29) is 16.9 Å². The molecular weight excluding hydrogens is 194 g/mol. The van der Waals surface area contributed by atoms with Crippen molar-refractivity contribution in [1.29, 1.82) is 0 Å². The van der Waals surface area contributed by atoms with Gasteiger partial charge in [0.2, 0.25) is 0 Å². The second kappa shape index (κ2) is 4.14. The topological polar surface area (TPSA) is 144 Å². The molecule has 0 atom stereocenters. The summed E-state index contributed by atoms with van der Waals surface area (Å²) in [6, 6.07) is 3.08. The van der Waals surface area contributed by atoms with Crippen molar-refractivity contribution in [3.05, 3.63) is 38.4 Å². The van der Waals surface area contributed by atoms with E-state index in [0.717, 1.165) is 18.2 Å². The SMILES string of the molecule is Nc1ccc([N+](=O)[O-])cc1[N+](=O)[O-].O. The molecule has 0 aromatic heterocycles. The molecule has 0 aliphatic rings. The Balaban J connectivity index is 0.00000169. The van der Waals surface area contributed by atoms with Crippen LogP contribution in [-0.4, -0.2) is 15.3 Å². The van der Waals surface area contributed by atoms with Crippen LogP contribution in [0.1, 0.15) is 0 Å². The van der Waals surface area contributed by atoms with Gasteiger partial charge in [0, 0.05) is 6.07 Å². The second-order valence-corrected chi connectivity index (χ2v) is 2.26. The van der Waals surface area contributed by atoms with Crippen molar-refractivity contribution in [1.82, 2.24) is 0 Å². The van der Waals surface area contributed by atoms with Gasteiger partial charge in [0.15, 0.2) is 0 Å². The highest BCUT2D eigenvalue weighted by molar-refractivity contribution is 5.62. The van der Waals surface area contributed by atoms with E-state index in [0.29, 0.717) is 0 Å². The standard InChI is InChI=1S/C6H5N3O4.H2O/c7-5-2-1-4(8(10)11)3-6(5)9(12)13;/h1-3H,7H2;1H2. The summed E-state index contributed by atoms with van der Waals surface area (Å²) >= 11 is 0. The minimum Gasteiger partial charge on any atom is -0.412 e. The molecule has 1 aromatic rings. The van der Waals surface area contributed by atoms with Gasteiger partial charge in [-0.25, -0.2) is 0 Å². The molecule has 1 aromatic carbocycles. The Labute approximate surface area is 77.6 Å². The number of hydrogen-bond acceptors (Lipinski definition) is 5. The van der Waals surface area contributed by atoms with Gasteiger partial charge in [0.1, 0.15) is 5.69 Å². The van der Waals surface area contributed by atoms with Crippen LogP contribution >= 0.6 is 0 Å². The van der Waals surface area contributed by atoms with Crippen molar-refractivity contribution in [3.63, 3.8) is 0 Å². The average molecular weight is 201 g/mol. The lowest BCUT2D eigenvalue weighted by molar-refractivity contribution is -0.393. The van der Waals surface area contributed by atoms with Crippen LogP contribution in [0.3, 0.4) is 0 Å². The van der Waals surface area contributed by atoms with Crippen molar-refractivity contribution in [2.75, 3.05) is 5.73 Å². The number of nitro benzene ring substituents is 2. The number of rotatable bonds is 2. The Bertz CT molecular complexity index is 378. The maximum Gasteiger partial charge on any atom is 0.298 e. The van der Waals surface area contributed by atoms with Crippen LogP contribution in [0.4, 0.5) is 17.1 Å². The lowest BCUT2D eigenvalue weighted by Gasteiger charge is -1.95. The summed E-state index contributed by atoms with van der Waals surface area (Å²) in [6.45, 7) is 0. The van der Waals surface area contributed by atoms with Crippen molar-refractivity contribution in [2.45, 2.75) is 0 Å². The van der Waals surface area contributed by atoms with E-state index in [1.54, 1.807) is 0 Å². The first-order valence-corrected chi connectivity index (χ1v) is 3.20. The number of non-ortho nitro benzene ring substituents is 1. The molecule has 0 aliphatic carbocycles. The minimum atomic E-state index is -0.762. The van der Waals surface area contributed by atoms with Gasteiger partial charge in [0.05, 0.1) is 15.9 Å². The van der Waals surface area contributed by atoms with E-state index in [1.165, 1.54) is 0 Å². The second-order valence-electron chi connectivity index (χ2n) is 2.26. The highest BCUT2D eigenvalue weighted by Crippen LogP contribution is 2.25. The number of nitrogen functional groups attached to an aromatic ring is 1. The van der Waals surface area contributed by atoms with Gasteiger partial charge in [-0.05, 0) is 6.07 Å². The fourth-order valence-corrected chi connectivity index (χ4v) is 0.804. The first kappa shape index (κ1) is 11.8. The van der Waals surface area contributed by atoms with E-state index in [2.05, 4.69) is 0 Å². The molecule has 0 amide bonds. The minimum absolute atomic E-state index is 0. The summed E-state index contributed by atoms with van der Waals surface area (Å²) in [5.41, 5.74) is 4.34. The molecule has 0 bridgehead atoms. The Hall–Kier alpha value is -2.22. The predicted molar refractivity (Wildman–Crippen MR) is 47.8 cm³/mol. The third-order valence-corrected chi connectivity index (χ3v) is 1.42. The number of nitrogens with zero attached hydrogens (tertiary/aromatic N) is 2. The third-order valence-electron chi connectivity index (χ3n) is 1.42. The van der Waals surface area contributed by atoms with Crippen LogP contribution in [0, 0.1) is 20.2 Å². The van der Waals surface area contributed by atoms with E-state index >= 15 is 0 Å². The summed E-state index contributed by atoms with van der Waals surface area (Å²) in [7, 11) is 0. The van der Waals surface area contributed by atoms with Gasteiger partial charge in [0.25, 0.3) is 11.4 Å². The molecule has 0 saturated carbocycles. The van der Waals surface area contributed by atoms with Gasteiger partial charge in [-0.1, -0.05) is 0 Å². The summed E-state index contributed by atoms with van der Waals surface area (Å²) in [4.78, 5) is 19.1. The molecule has 0 aliphatic heterocycles. The van der Waals surface area contributed by atoms with Crippen LogP contribution in [0.15, 0.2) is 18.2 Å². The Morgan fingerprint density at radius 3 is 2.14 bits per heavy atom. The maximum absolute atomic E-state index is 10.3. The predicted octanol–water partition coefficient (Wildman–Crippen LogP) is 0.261. The average Bonchev–Trinajstić information content (AvgIpc) is 2.04. The first-order chi connectivity index (χ1) is 6.02. The fourth-order valence-electron chi connectivity index (χ4n) is 0.804. The lowest BCUT2D eigenvalue weighted by Crippen LogP contribution is -1.97. The number of nitrogens with two attached hydrogens (primary N) is 1. The summed E-state index contributed by atoms with van der Waals surface area (Å²) < 4.78 is 0. The monoisotopic (exact) mass is 201 g/mol. The molecule has 0 heterocycles. The van der Waals surface area contributed by atoms with E-state index in [1.807, 2.05) is 0 Å². The molecule has 0 unspecified atom stereocenters. The van der Waals surface area contributed by atoms with Gasteiger partial charge < -0.3 is 11.2 Å². The van der Waals surface area contributed by atoms with E-state index in [9.17, 15) is 20.2 Å². The highest BCUT2D eigenvalue weighted by atomic mass is 16.6. The third kappa shape index (κ3) is 2.14. The molecule has 8 nitrogen and oxygen atoms in total. The molecule has 0 fully saturated rings. The Morgan fingerprint density at radius 2 is 1.71 bits per heavy atom. The lowest BCUT2D eigenvalue weighted by atomic mass is 10.2. The van der Waals surface area contributed by atoms with Crippen LogP contribution in [0.2, 0.25) is 0 Å². The number of hydrogen-bond donors (Lipinski definition) is 1. The number of nitro groups is 2. The molecule has 8 heteroatoms. The zero-order valence-electron chi connectivity index (χ0n) is 6.84. The van der Waals surface area contributed by atoms with Gasteiger partial charge in [-0.2, -0.15) is 0 Å². The van der Waals surface area contributed by atoms with E-state index < -0.39 is 15.5 Å². The molecule has 4 N–H and O–H groups in total. The van der Waals surface area contributed by atoms with Crippen LogP contribution < -0.4 is 5.73 Å². The maximum atomic E-state index is 10.3. The van der Waals surface area contributed by atoms with Crippen LogP contribution in [-0.2, 0) is 0 Å². The largest absolute Gasteiger partial charge is 0.412 e. The molecule has 0 radical (unpaired) electrons. The van der Waals surface area contributed by atoms with E-state index in [4.69, 9.17) is 5.73 Å². The normalized spacial score (nSPS) is 8.86. The van der Waals surface area contributed by atoms with Crippen molar-refractivity contribution >= 4 is 17.1 Å². The number of anilines is 1. The highest BCUT2D eigenvalue weighted by Gasteiger charge is 2.16. The van der Waals surface area contributed by atoms with Gasteiger partial charge in [-0.3, -0.25) is 20.2 Å². The van der Waals surface area contributed by atoms with Crippen molar-refractivity contribution in [3.8, 4) is 0 Å². The van der Waals surface area contributed by atoms with Crippen molar-refractivity contribution in [2.24, 2.45) is 0 Å². The Morgan fingerprint density at radius 1 is 1.14 bits per heavy atom. The molecule has 0 saturated heterocycles. The van der Waals surface area contributed by atoms with Crippen LogP contribution in [0.25, 0.3) is 0 Å². The molecule has 1 rings (SSSR count). The number of benzene rings is 1. The quantitative estimate of drug-likeness (QED) is 0.414. The zero-order valence-corrected chi connectivity index (χ0v) is 6.84. The molecule has 14 heavy (non-hydrogen) atoms. The zero-order chi connectivity index (χ0) is 10.0. The Kier molecular flexibility index (Phi) is 3.48. The smallest absolute Gasteiger partial charge is 0.298 e. The summed E-state index contributed by atoms with van der Waals surface area (Å²) in [5.74, 6) is 0. The molecule has 0 spiro atoms. The summed E-state index contributed by atoms with van der Waals surface area (Å²) in [5, 5.41) is 20.5. The van der Waals surface area contributed by atoms with Gasteiger partial charge in [-0.15, -0.1) is 0 Å². The van der Waals surface area contributed by atoms with Gasteiger partial charge >= 0.3 is 0 Å². The van der Waals surface area contributed by atoms with Crippen molar-refractivity contribution < 1.29 is 15.3 Å². The fraction of sp³-hybridized carbons (Fsp3) is 0. The summed E-state index contributed by atoms with van der Waals surface area (Å²) in [6.07, 6.45) is 0. The first-order valence-electron chi connectivity index (χ1n) is 3.20.